The molecule has 17 heavy (non-hydrogen) atoms. The van der Waals surface area contributed by atoms with Crippen molar-refractivity contribution in [3.05, 3.63) is 0 Å². The second kappa shape index (κ2) is 7.31. The van der Waals surface area contributed by atoms with E-state index in [0.29, 0.717) is 44.6 Å². The van der Waals surface area contributed by atoms with E-state index in [9.17, 15) is 0 Å². The molecule has 0 aromatic heterocycles. The molecule has 3 atom stereocenters. The van der Waals surface area contributed by atoms with Gasteiger partial charge in [0.15, 0.2) is 0 Å². The molecule has 3 unspecified atom stereocenters. The second-order valence-corrected chi connectivity index (χ2v) is 4.78. The molecule has 0 spiro atoms. The normalized spacial score (nSPS) is 31.2. The Labute approximate surface area is 104 Å². The van der Waals surface area contributed by atoms with Crippen LogP contribution in [0.2, 0.25) is 0 Å². The molecule has 0 radical (unpaired) electrons. The van der Waals surface area contributed by atoms with E-state index in [4.69, 9.17) is 18.9 Å². The van der Waals surface area contributed by atoms with Crippen LogP contribution in [-0.2, 0) is 18.9 Å². The number of fused-ring (bicyclic) bond motifs is 1. The van der Waals surface area contributed by atoms with Crippen molar-refractivity contribution < 1.29 is 18.9 Å². The molecule has 4 heteroatoms. The van der Waals surface area contributed by atoms with Gasteiger partial charge in [0.2, 0.25) is 0 Å². The van der Waals surface area contributed by atoms with E-state index in [-0.39, 0.29) is 0 Å². The molecule has 0 bridgehead atoms. The zero-order valence-corrected chi connectivity index (χ0v) is 10.7. The third-order valence-electron chi connectivity index (χ3n) is 3.41. The summed E-state index contributed by atoms with van der Waals surface area (Å²) in [6, 6.07) is 0. The summed E-state index contributed by atoms with van der Waals surface area (Å²) in [4.78, 5) is 0. The van der Waals surface area contributed by atoms with Gasteiger partial charge in [-0.3, -0.25) is 0 Å². The second-order valence-electron chi connectivity index (χ2n) is 4.78. The highest BCUT2D eigenvalue weighted by Crippen LogP contribution is 2.39. The molecule has 0 aromatic carbocycles. The van der Waals surface area contributed by atoms with Crippen molar-refractivity contribution in [2.24, 2.45) is 5.92 Å². The van der Waals surface area contributed by atoms with Crippen LogP contribution in [-0.4, -0.2) is 51.8 Å². The van der Waals surface area contributed by atoms with Gasteiger partial charge in [0.05, 0.1) is 38.6 Å². The van der Waals surface area contributed by atoms with Crippen molar-refractivity contribution in [3.8, 4) is 0 Å². The zero-order chi connectivity index (χ0) is 11.9. The van der Waals surface area contributed by atoms with Gasteiger partial charge >= 0.3 is 0 Å². The van der Waals surface area contributed by atoms with E-state index in [1.807, 2.05) is 6.92 Å². The molecule has 2 fully saturated rings. The average molecular weight is 244 g/mol. The summed E-state index contributed by atoms with van der Waals surface area (Å²) in [5.74, 6) is 0.696. The Kier molecular flexibility index (Phi) is 5.71. The van der Waals surface area contributed by atoms with Crippen LogP contribution in [0.4, 0.5) is 0 Å². The Balaban J connectivity index is 1.36. The SMILES string of the molecule is CCOCCOCCOCC1CCC2OC2C1. The average Bonchev–Trinajstić information content (AvgIpc) is 3.11. The van der Waals surface area contributed by atoms with Gasteiger partial charge < -0.3 is 18.9 Å². The van der Waals surface area contributed by atoms with Gasteiger partial charge in [0.1, 0.15) is 0 Å². The van der Waals surface area contributed by atoms with E-state index in [0.717, 1.165) is 13.2 Å². The maximum Gasteiger partial charge on any atom is 0.0845 e. The van der Waals surface area contributed by atoms with Crippen molar-refractivity contribution in [1.29, 1.82) is 0 Å². The molecular formula is C13H24O4. The first kappa shape index (κ1) is 13.3. The molecule has 0 aromatic rings. The van der Waals surface area contributed by atoms with Crippen LogP contribution in [0.5, 0.6) is 0 Å². The highest BCUT2D eigenvalue weighted by atomic mass is 16.6. The van der Waals surface area contributed by atoms with E-state index in [1.165, 1.54) is 19.3 Å². The lowest BCUT2D eigenvalue weighted by atomic mass is 9.90. The van der Waals surface area contributed by atoms with Crippen molar-refractivity contribution in [3.63, 3.8) is 0 Å². The van der Waals surface area contributed by atoms with Crippen molar-refractivity contribution >= 4 is 0 Å². The summed E-state index contributed by atoms with van der Waals surface area (Å²) in [5.41, 5.74) is 0. The van der Waals surface area contributed by atoms with E-state index >= 15 is 0 Å². The van der Waals surface area contributed by atoms with Crippen LogP contribution in [0, 0.1) is 5.92 Å². The van der Waals surface area contributed by atoms with Gasteiger partial charge in [-0.05, 0) is 32.1 Å². The van der Waals surface area contributed by atoms with E-state index in [2.05, 4.69) is 0 Å². The van der Waals surface area contributed by atoms with Crippen molar-refractivity contribution in [2.45, 2.75) is 38.4 Å². The lowest BCUT2D eigenvalue weighted by Gasteiger charge is -2.18. The largest absolute Gasteiger partial charge is 0.379 e. The predicted molar refractivity (Wildman–Crippen MR) is 64.1 cm³/mol. The zero-order valence-electron chi connectivity index (χ0n) is 10.7. The van der Waals surface area contributed by atoms with Crippen LogP contribution in [0.25, 0.3) is 0 Å². The lowest BCUT2D eigenvalue weighted by molar-refractivity contribution is 0.00682. The first-order valence-electron chi connectivity index (χ1n) is 6.79. The minimum atomic E-state index is 0.555. The summed E-state index contributed by atoms with van der Waals surface area (Å²) in [6.45, 7) is 6.31. The molecule has 1 saturated carbocycles. The van der Waals surface area contributed by atoms with E-state index < -0.39 is 0 Å². The van der Waals surface area contributed by atoms with Gasteiger partial charge in [0.25, 0.3) is 0 Å². The minimum Gasteiger partial charge on any atom is -0.379 e. The van der Waals surface area contributed by atoms with Gasteiger partial charge in [-0.25, -0.2) is 0 Å². The standard InChI is InChI=1S/C13H24O4/c1-2-14-5-6-15-7-8-16-10-11-3-4-12-13(9-11)17-12/h11-13H,2-10H2,1H3. The molecular weight excluding hydrogens is 220 g/mol. The Hall–Kier alpha value is -0.160. The Morgan fingerprint density at radius 1 is 0.941 bits per heavy atom. The maximum absolute atomic E-state index is 5.63. The van der Waals surface area contributed by atoms with Gasteiger partial charge in [0, 0.05) is 13.2 Å². The highest BCUT2D eigenvalue weighted by molar-refractivity contribution is 4.91. The molecule has 1 aliphatic heterocycles. The molecule has 100 valence electrons. The lowest BCUT2D eigenvalue weighted by Crippen LogP contribution is -2.19. The monoisotopic (exact) mass is 244 g/mol. The van der Waals surface area contributed by atoms with Crippen LogP contribution in [0.1, 0.15) is 26.2 Å². The third-order valence-corrected chi connectivity index (χ3v) is 3.41. The van der Waals surface area contributed by atoms with Gasteiger partial charge in [-0.2, -0.15) is 0 Å². The summed E-state index contributed by atoms with van der Waals surface area (Å²) >= 11 is 0. The summed E-state index contributed by atoms with van der Waals surface area (Å²) < 4.78 is 21.7. The fourth-order valence-electron chi connectivity index (χ4n) is 2.37. The number of hydrogen-bond donors (Lipinski definition) is 0. The number of epoxide rings is 1. The first-order valence-corrected chi connectivity index (χ1v) is 6.79. The fraction of sp³-hybridized carbons (Fsp3) is 1.00. The van der Waals surface area contributed by atoms with Gasteiger partial charge in [-0.15, -0.1) is 0 Å². The van der Waals surface area contributed by atoms with Crippen LogP contribution >= 0.6 is 0 Å². The molecule has 2 aliphatic rings. The highest BCUT2D eigenvalue weighted by Gasteiger charge is 2.43. The smallest absolute Gasteiger partial charge is 0.0845 e. The summed E-state index contributed by atoms with van der Waals surface area (Å²) in [5, 5.41) is 0. The van der Waals surface area contributed by atoms with E-state index in [1.54, 1.807) is 0 Å². The molecule has 1 aliphatic carbocycles. The maximum atomic E-state index is 5.63. The third kappa shape index (κ3) is 4.92. The Bertz CT molecular complexity index is 210. The first-order chi connectivity index (χ1) is 8.40. The van der Waals surface area contributed by atoms with Crippen LogP contribution in [0.15, 0.2) is 0 Å². The van der Waals surface area contributed by atoms with Crippen LogP contribution in [0.3, 0.4) is 0 Å². The number of rotatable bonds is 9. The van der Waals surface area contributed by atoms with Gasteiger partial charge in [-0.1, -0.05) is 0 Å². The Morgan fingerprint density at radius 2 is 1.71 bits per heavy atom. The minimum absolute atomic E-state index is 0.555. The summed E-state index contributed by atoms with van der Waals surface area (Å²) in [6.07, 6.45) is 4.82. The van der Waals surface area contributed by atoms with Crippen molar-refractivity contribution in [1.82, 2.24) is 0 Å². The fourth-order valence-corrected chi connectivity index (χ4v) is 2.37. The number of hydrogen-bond acceptors (Lipinski definition) is 4. The van der Waals surface area contributed by atoms with Crippen molar-refractivity contribution in [2.75, 3.05) is 39.6 Å². The predicted octanol–water partition coefficient (Wildman–Crippen LogP) is 1.62. The quantitative estimate of drug-likeness (QED) is 0.456. The van der Waals surface area contributed by atoms with Crippen LogP contribution < -0.4 is 0 Å². The number of ether oxygens (including phenoxy) is 4. The molecule has 1 saturated heterocycles. The summed E-state index contributed by atoms with van der Waals surface area (Å²) in [7, 11) is 0. The topological polar surface area (TPSA) is 40.2 Å². The molecule has 2 rings (SSSR count). The molecule has 1 heterocycles. The molecule has 0 amide bonds. The Morgan fingerprint density at radius 3 is 2.47 bits per heavy atom. The molecule has 4 nitrogen and oxygen atoms in total. The molecule has 0 N–H and O–H groups in total.